The Kier molecular flexibility index (Phi) is 3.41. The van der Waals surface area contributed by atoms with Gasteiger partial charge in [-0.05, 0) is 48.9 Å². The number of ether oxygens (including phenoxy) is 1. The predicted molar refractivity (Wildman–Crippen MR) is 87.3 cm³/mol. The smallest absolute Gasteiger partial charge is 0.340 e. The van der Waals surface area contributed by atoms with E-state index in [1.54, 1.807) is 19.1 Å². The number of benzene rings is 2. The molecule has 0 saturated carbocycles. The molecule has 0 atom stereocenters. The van der Waals surface area contributed by atoms with Gasteiger partial charge in [0.05, 0.1) is 23.0 Å². The van der Waals surface area contributed by atoms with E-state index in [2.05, 4.69) is 4.98 Å². The summed E-state index contributed by atoms with van der Waals surface area (Å²) in [5.41, 5.74) is 6.47. The van der Waals surface area contributed by atoms with E-state index in [4.69, 9.17) is 10.5 Å². The van der Waals surface area contributed by atoms with Crippen LogP contribution in [-0.2, 0) is 10.0 Å². The summed E-state index contributed by atoms with van der Waals surface area (Å²) in [6.07, 6.45) is 0. The number of nitrogen functional groups attached to an aromatic ring is 1. The van der Waals surface area contributed by atoms with Crippen molar-refractivity contribution in [3.8, 4) is 5.75 Å². The highest BCUT2D eigenvalue weighted by molar-refractivity contribution is 7.90. The van der Waals surface area contributed by atoms with Gasteiger partial charge in [-0.1, -0.05) is 0 Å². The molecule has 3 aromatic rings. The minimum atomic E-state index is -4.04. The molecule has 1 aromatic heterocycles. The zero-order valence-corrected chi connectivity index (χ0v) is 13.3. The van der Waals surface area contributed by atoms with Gasteiger partial charge in [-0.15, -0.1) is 0 Å². The molecule has 0 radical (unpaired) electrons. The summed E-state index contributed by atoms with van der Waals surface area (Å²) in [5, 5.41) is 0. The van der Waals surface area contributed by atoms with E-state index in [1.165, 1.54) is 31.4 Å². The van der Waals surface area contributed by atoms with Crippen LogP contribution in [-0.4, -0.2) is 24.5 Å². The second-order valence-corrected chi connectivity index (χ2v) is 6.86. The molecule has 0 aliphatic heterocycles. The average Bonchev–Trinajstić information content (AvgIpc) is 2.82. The number of imidazole rings is 1. The zero-order valence-electron chi connectivity index (χ0n) is 12.5. The van der Waals surface area contributed by atoms with Gasteiger partial charge in [-0.25, -0.2) is 13.2 Å². The molecule has 0 bridgehead atoms. The maximum atomic E-state index is 12.9. The molecule has 0 amide bonds. The van der Waals surface area contributed by atoms with Crippen LogP contribution < -0.4 is 16.2 Å². The molecule has 8 heteroatoms. The monoisotopic (exact) mass is 333 g/mol. The Balaban J connectivity index is 2.29. The largest absolute Gasteiger partial charge is 0.497 e. The number of methoxy groups -OCH3 is 1. The van der Waals surface area contributed by atoms with Crippen molar-refractivity contribution in [2.75, 3.05) is 12.8 Å². The van der Waals surface area contributed by atoms with E-state index >= 15 is 0 Å². The van der Waals surface area contributed by atoms with Crippen LogP contribution in [0.3, 0.4) is 0 Å². The SMILES string of the molecule is COc1ccc(S(=O)(=O)n2c(=O)[nH]c3cc(N)ccc32)c(C)c1. The Bertz CT molecular complexity index is 1060. The van der Waals surface area contributed by atoms with E-state index in [1.807, 2.05) is 0 Å². The summed E-state index contributed by atoms with van der Waals surface area (Å²) in [6.45, 7) is 1.65. The van der Waals surface area contributed by atoms with Gasteiger partial charge in [0, 0.05) is 5.69 Å². The van der Waals surface area contributed by atoms with Crippen LogP contribution in [0.15, 0.2) is 46.1 Å². The van der Waals surface area contributed by atoms with Crippen LogP contribution in [0, 0.1) is 6.92 Å². The lowest BCUT2D eigenvalue weighted by molar-refractivity contribution is 0.414. The molecule has 0 spiro atoms. The molecule has 120 valence electrons. The molecule has 3 rings (SSSR count). The molecule has 0 saturated heterocycles. The van der Waals surface area contributed by atoms with Crippen LogP contribution in [0.5, 0.6) is 5.75 Å². The molecule has 0 aliphatic carbocycles. The Hall–Kier alpha value is -2.74. The van der Waals surface area contributed by atoms with Crippen LogP contribution in [0.1, 0.15) is 5.56 Å². The van der Waals surface area contributed by atoms with Crippen LogP contribution in [0.4, 0.5) is 5.69 Å². The fourth-order valence-corrected chi connectivity index (χ4v) is 4.07. The molecular weight excluding hydrogens is 318 g/mol. The number of fused-ring (bicyclic) bond motifs is 1. The van der Waals surface area contributed by atoms with Gasteiger partial charge in [-0.2, -0.15) is 3.97 Å². The summed E-state index contributed by atoms with van der Waals surface area (Å²) in [5.74, 6) is 0.542. The highest BCUT2D eigenvalue weighted by Crippen LogP contribution is 2.25. The highest BCUT2D eigenvalue weighted by Gasteiger charge is 2.24. The first kappa shape index (κ1) is 15.2. The lowest BCUT2D eigenvalue weighted by Gasteiger charge is -2.10. The first-order valence-electron chi connectivity index (χ1n) is 6.75. The quantitative estimate of drug-likeness (QED) is 0.706. The number of rotatable bonds is 3. The molecule has 7 nitrogen and oxygen atoms in total. The maximum Gasteiger partial charge on any atom is 0.340 e. The van der Waals surface area contributed by atoms with Gasteiger partial charge in [0.2, 0.25) is 0 Å². The summed E-state index contributed by atoms with van der Waals surface area (Å²) in [6, 6.07) is 9.12. The minimum Gasteiger partial charge on any atom is -0.497 e. The molecule has 0 aliphatic rings. The molecule has 0 fully saturated rings. The second-order valence-electron chi connectivity index (χ2n) is 5.11. The van der Waals surface area contributed by atoms with Crippen molar-refractivity contribution in [1.29, 1.82) is 0 Å². The fraction of sp³-hybridized carbons (Fsp3) is 0.133. The number of aryl methyl sites for hydroxylation is 1. The number of hydrogen-bond acceptors (Lipinski definition) is 5. The van der Waals surface area contributed by atoms with Crippen LogP contribution in [0.2, 0.25) is 0 Å². The number of hydrogen-bond donors (Lipinski definition) is 2. The van der Waals surface area contributed by atoms with Gasteiger partial charge >= 0.3 is 5.69 Å². The molecule has 1 heterocycles. The third-order valence-electron chi connectivity index (χ3n) is 3.57. The topological polar surface area (TPSA) is 107 Å². The molecule has 23 heavy (non-hydrogen) atoms. The van der Waals surface area contributed by atoms with Gasteiger partial charge < -0.3 is 15.5 Å². The van der Waals surface area contributed by atoms with Gasteiger partial charge in [0.15, 0.2) is 0 Å². The van der Waals surface area contributed by atoms with Crippen LogP contribution in [0.25, 0.3) is 11.0 Å². The first-order valence-corrected chi connectivity index (χ1v) is 8.19. The number of nitrogens with one attached hydrogen (secondary N) is 1. The zero-order chi connectivity index (χ0) is 16.8. The highest BCUT2D eigenvalue weighted by atomic mass is 32.2. The Morgan fingerprint density at radius 3 is 2.57 bits per heavy atom. The van der Waals surface area contributed by atoms with E-state index < -0.39 is 15.7 Å². The van der Waals surface area contributed by atoms with Gasteiger partial charge in [0.1, 0.15) is 5.75 Å². The van der Waals surface area contributed by atoms with Crippen molar-refractivity contribution in [2.45, 2.75) is 11.8 Å². The number of nitrogens with zero attached hydrogens (tertiary/aromatic N) is 1. The minimum absolute atomic E-state index is 0.0399. The van der Waals surface area contributed by atoms with E-state index in [-0.39, 0.29) is 10.4 Å². The Labute approximate surface area is 132 Å². The van der Waals surface area contributed by atoms with Crippen molar-refractivity contribution < 1.29 is 13.2 Å². The van der Waals surface area contributed by atoms with Crippen molar-refractivity contribution in [3.63, 3.8) is 0 Å². The Morgan fingerprint density at radius 1 is 1.17 bits per heavy atom. The normalized spacial score (nSPS) is 11.7. The van der Waals surface area contributed by atoms with Gasteiger partial charge in [-0.3, -0.25) is 0 Å². The average molecular weight is 333 g/mol. The lowest BCUT2D eigenvalue weighted by Crippen LogP contribution is -2.25. The summed E-state index contributed by atoms with van der Waals surface area (Å²) in [4.78, 5) is 14.7. The van der Waals surface area contributed by atoms with E-state index in [0.29, 0.717) is 22.5 Å². The molecule has 0 unspecified atom stereocenters. The second kappa shape index (κ2) is 5.17. The van der Waals surface area contributed by atoms with Crippen molar-refractivity contribution in [2.24, 2.45) is 0 Å². The number of anilines is 1. The first-order chi connectivity index (χ1) is 10.8. The van der Waals surface area contributed by atoms with Crippen molar-refractivity contribution >= 4 is 26.7 Å². The number of aromatic nitrogens is 2. The van der Waals surface area contributed by atoms with Crippen molar-refractivity contribution in [1.82, 2.24) is 8.96 Å². The summed E-state index contributed by atoms with van der Waals surface area (Å²) < 4.78 is 31.6. The number of aromatic amines is 1. The van der Waals surface area contributed by atoms with Crippen molar-refractivity contribution in [3.05, 3.63) is 52.4 Å². The lowest BCUT2D eigenvalue weighted by atomic mass is 10.2. The van der Waals surface area contributed by atoms with E-state index in [9.17, 15) is 13.2 Å². The van der Waals surface area contributed by atoms with E-state index in [0.717, 1.165) is 3.97 Å². The fourth-order valence-electron chi connectivity index (χ4n) is 2.48. The standard InChI is InChI=1S/C15H15N3O4S/c1-9-7-11(22-2)4-6-14(9)23(20,21)18-13-5-3-10(16)8-12(13)17-15(18)19/h3-8H,16H2,1-2H3,(H,17,19). The summed E-state index contributed by atoms with van der Waals surface area (Å²) >= 11 is 0. The third-order valence-corrected chi connectivity index (χ3v) is 5.42. The maximum absolute atomic E-state index is 12.9. The molecular formula is C15H15N3O4S. The van der Waals surface area contributed by atoms with Gasteiger partial charge in [0.25, 0.3) is 10.0 Å². The molecule has 3 N–H and O–H groups in total. The Morgan fingerprint density at radius 2 is 1.91 bits per heavy atom. The predicted octanol–water partition coefficient (Wildman–Crippen LogP) is 1.47. The summed E-state index contributed by atoms with van der Waals surface area (Å²) in [7, 11) is -2.55. The number of nitrogens with two attached hydrogens (primary N) is 1. The number of H-pyrrole nitrogens is 1. The molecule has 2 aromatic carbocycles. The van der Waals surface area contributed by atoms with Crippen LogP contribution >= 0.6 is 0 Å². The third kappa shape index (κ3) is 2.36.